The Hall–Kier alpha value is -3.11. The van der Waals surface area contributed by atoms with Gasteiger partial charge >= 0.3 is 6.09 Å². The minimum Gasteiger partial charge on any atom is -0.444 e. The lowest BCUT2D eigenvalue weighted by molar-refractivity contribution is 0.0450. The SMILES string of the molecule is CC(C)(C)OC(=O)NC1CCN(CC(O)Cn2nc(-c3ccc(Cl)c(C#Cc4ccc(Cl)cc4)c3)c3c2CCN(S(C)(=O)=O)C3)CC1. The van der Waals surface area contributed by atoms with Crippen molar-refractivity contribution in [3.8, 4) is 23.1 Å². The summed E-state index contributed by atoms with van der Waals surface area (Å²) < 4.78 is 33.7. The fourth-order valence-corrected chi connectivity index (χ4v) is 6.94. The van der Waals surface area contributed by atoms with Crippen LogP contribution in [0.15, 0.2) is 42.5 Å². The predicted molar refractivity (Wildman–Crippen MR) is 184 cm³/mol. The molecule has 1 aromatic heterocycles. The Kier molecular flexibility index (Phi) is 10.9. The summed E-state index contributed by atoms with van der Waals surface area (Å²) in [6.45, 7) is 8.20. The molecule has 0 spiro atoms. The number of alkyl carbamates (subject to hydrolysis) is 1. The van der Waals surface area contributed by atoms with E-state index in [4.69, 9.17) is 33.0 Å². The molecule has 0 bridgehead atoms. The molecule has 2 aromatic carbocycles. The highest BCUT2D eigenvalue weighted by molar-refractivity contribution is 7.88. The highest BCUT2D eigenvalue weighted by Crippen LogP contribution is 2.33. The number of fused-ring (bicyclic) bond motifs is 1. The summed E-state index contributed by atoms with van der Waals surface area (Å²) in [5.41, 5.74) is 3.97. The number of β-amino-alcohol motifs (C(OH)–C–C–N with tert-alkyl or cyclic N) is 1. The molecule has 0 saturated carbocycles. The molecule has 252 valence electrons. The Morgan fingerprint density at radius 1 is 1.09 bits per heavy atom. The molecule has 13 heteroatoms. The summed E-state index contributed by atoms with van der Waals surface area (Å²) in [6, 6.07) is 12.7. The van der Waals surface area contributed by atoms with Crippen LogP contribution in [-0.2, 0) is 34.3 Å². The monoisotopic (exact) mass is 701 g/mol. The smallest absolute Gasteiger partial charge is 0.407 e. The average molecular weight is 703 g/mol. The summed E-state index contributed by atoms with van der Waals surface area (Å²) in [6.07, 6.45) is 2.08. The van der Waals surface area contributed by atoms with E-state index in [2.05, 4.69) is 22.1 Å². The average Bonchev–Trinajstić information content (AvgIpc) is 3.34. The van der Waals surface area contributed by atoms with Crippen LogP contribution in [0.5, 0.6) is 0 Å². The van der Waals surface area contributed by atoms with E-state index in [1.807, 2.05) is 49.7 Å². The molecule has 0 aliphatic carbocycles. The van der Waals surface area contributed by atoms with Crippen LogP contribution in [0.4, 0.5) is 4.79 Å². The van der Waals surface area contributed by atoms with Crippen molar-refractivity contribution < 1.29 is 23.1 Å². The van der Waals surface area contributed by atoms with Gasteiger partial charge in [-0.3, -0.25) is 4.68 Å². The van der Waals surface area contributed by atoms with E-state index in [-0.39, 0.29) is 19.1 Å². The number of benzene rings is 2. The molecule has 47 heavy (non-hydrogen) atoms. The lowest BCUT2D eigenvalue weighted by Crippen LogP contribution is -2.48. The number of sulfonamides is 1. The van der Waals surface area contributed by atoms with Crippen molar-refractivity contribution in [3.63, 3.8) is 0 Å². The fourth-order valence-electron chi connectivity index (χ4n) is 5.86. The van der Waals surface area contributed by atoms with Gasteiger partial charge in [0, 0.05) is 78.2 Å². The van der Waals surface area contributed by atoms with Crippen molar-refractivity contribution in [1.82, 2.24) is 24.3 Å². The molecule has 2 aliphatic rings. The second-order valence-corrected chi connectivity index (χ2v) is 16.0. The Morgan fingerprint density at radius 3 is 2.45 bits per heavy atom. The van der Waals surface area contributed by atoms with E-state index in [0.29, 0.717) is 40.8 Å². The van der Waals surface area contributed by atoms with Crippen LogP contribution in [0.3, 0.4) is 0 Å². The molecule has 2 aliphatic heterocycles. The molecule has 1 fully saturated rings. The first-order valence-electron chi connectivity index (χ1n) is 15.7. The molecule has 1 amide bonds. The van der Waals surface area contributed by atoms with Gasteiger partial charge in [0.1, 0.15) is 5.60 Å². The van der Waals surface area contributed by atoms with Gasteiger partial charge in [0.25, 0.3) is 0 Å². The van der Waals surface area contributed by atoms with Crippen molar-refractivity contribution >= 4 is 39.3 Å². The van der Waals surface area contributed by atoms with Gasteiger partial charge < -0.3 is 20.1 Å². The van der Waals surface area contributed by atoms with Gasteiger partial charge in [-0.25, -0.2) is 13.2 Å². The number of halogens is 2. The largest absolute Gasteiger partial charge is 0.444 e. The standard InChI is InChI=1S/C34H41Cl2N5O5S/c1-34(2,3)46-33(43)37-27-13-16-39(17-14-27)20-28(42)21-41-31-15-18-40(47(4,44)45)22-29(31)32(38-41)25-9-12-30(36)24(19-25)8-5-23-6-10-26(35)11-7-23/h6-7,9-12,19,27-28,42H,13-18,20-22H2,1-4H3,(H,37,43). The van der Waals surface area contributed by atoms with Gasteiger partial charge in [0.15, 0.2) is 0 Å². The van der Waals surface area contributed by atoms with Gasteiger partial charge in [-0.2, -0.15) is 9.40 Å². The minimum atomic E-state index is -3.43. The molecule has 1 atom stereocenters. The zero-order chi connectivity index (χ0) is 33.9. The van der Waals surface area contributed by atoms with Crippen LogP contribution >= 0.6 is 23.2 Å². The number of rotatable bonds is 7. The van der Waals surface area contributed by atoms with E-state index < -0.39 is 27.8 Å². The maximum Gasteiger partial charge on any atom is 0.407 e. The molecule has 0 radical (unpaired) electrons. The molecule has 1 unspecified atom stereocenters. The van der Waals surface area contributed by atoms with E-state index in [1.165, 1.54) is 10.6 Å². The summed E-state index contributed by atoms with van der Waals surface area (Å²) in [4.78, 5) is 14.4. The van der Waals surface area contributed by atoms with Gasteiger partial charge in [0.2, 0.25) is 10.0 Å². The first-order valence-corrected chi connectivity index (χ1v) is 18.3. The summed E-state index contributed by atoms with van der Waals surface area (Å²) >= 11 is 12.5. The number of ether oxygens (including phenoxy) is 1. The fraction of sp³-hybridized carbons (Fsp3) is 0.471. The summed E-state index contributed by atoms with van der Waals surface area (Å²) in [5, 5.41) is 20.2. The number of carbonyl (C=O) groups is 1. The second-order valence-electron chi connectivity index (χ2n) is 13.1. The van der Waals surface area contributed by atoms with Crippen molar-refractivity contribution in [2.75, 3.05) is 32.4 Å². The molecule has 3 aromatic rings. The van der Waals surface area contributed by atoms with Crippen LogP contribution in [0, 0.1) is 11.8 Å². The molecule has 2 N–H and O–H groups in total. The van der Waals surface area contributed by atoms with Crippen molar-refractivity contribution in [2.45, 2.75) is 70.9 Å². The Labute approximate surface area is 287 Å². The molecular formula is C34H41Cl2N5O5S. The van der Waals surface area contributed by atoms with Crippen LogP contribution in [0.25, 0.3) is 11.3 Å². The third-order valence-electron chi connectivity index (χ3n) is 8.15. The van der Waals surface area contributed by atoms with Crippen LogP contribution in [0.2, 0.25) is 10.0 Å². The lowest BCUT2D eigenvalue weighted by atomic mass is 10.0. The van der Waals surface area contributed by atoms with Crippen LogP contribution in [-0.4, -0.2) is 88.8 Å². The molecule has 1 saturated heterocycles. The second kappa shape index (κ2) is 14.6. The molecule has 10 nitrogen and oxygen atoms in total. The number of carbonyl (C=O) groups excluding carboxylic acids is 1. The van der Waals surface area contributed by atoms with Crippen LogP contribution in [0.1, 0.15) is 56.0 Å². The Morgan fingerprint density at radius 2 is 1.79 bits per heavy atom. The Balaban J connectivity index is 1.32. The number of likely N-dealkylation sites (tertiary alicyclic amines) is 1. The first kappa shape index (κ1) is 35.2. The van der Waals surface area contributed by atoms with Crippen molar-refractivity contribution in [3.05, 3.63) is 74.9 Å². The highest BCUT2D eigenvalue weighted by Gasteiger charge is 2.31. The lowest BCUT2D eigenvalue weighted by Gasteiger charge is -2.34. The third-order valence-corrected chi connectivity index (χ3v) is 9.99. The zero-order valence-corrected chi connectivity index (χ0v) is 29.4. The van der Waals surface area contributed by atoms with E-state index >= 15 is 0 Å². The molecule has 3 heterocycles. The number of amides is 1. The van der Waals surface area contributed by atoms with E-state index in [1.54, 1.807) is 18.2 Å². The number of nitrogens with one attached hydrogen (secondary N) is 1. The highest BCUT2D eigenvalue weighted by atomic mass is 35.5. The summed E-state index contributed by atoms with van der Waals surface area (Å²) in [7, 11) is -3.43. The summed E-state index contributed by atoms with van der Waals surface area (Å²) in [5.74, 6) is 6.26. The van der Waals surface area contributed by atoms with Gasteiger partial charge in [-0.15, -0.1) is 0 Å². The van der Waals surface area contributed by atoms with E-state index in [9.17, 15) is 18.3 Å². The predicted octanol–water partition coefficient (Wildman–Crippen LogP) is 4.92. The van der Waals surface area contributed by atoms with Crippen molar-refractivity contribution in [2.24, 2.45) is 0 Å². The number of nitrogens with zero attached hydrogens (tertiary/aromatic N) is 4. The maximum absolute atomic E-state index is 12.5. The maximum atomic E-state index is 12.5. The number of aliphatic hydroxyl groups excluding tert-OH is 1. The first-order chi connectivity index (χ1) is 22.1. The number of aliphatic hydroxyl groups is 1. The quantitative estimate of drug-likeness (QED) is 0.336. The number of aromatic nitrogens is 2. The normalized spacial score (nSPS) is 17.0. The topological polar surface area (TPSA) is 117 Å². The minimum absolute atomic E-state index is 0.0249. The third kappa shape index (κ3) is 9.50. The zero-order valence-electron chi connectivity index (χ0n) is 27.1. The van der Waals surface area contributed by atoms with Crippen molar-refractivity contribution in [1.29, 1.82) is 0 Å². The number of hydrogen-bond donors (Lipinski definition) is 2. The van der Waals surface area contributed by atoms with Crippen LogP contribution < -0.4 is 5.32 Å². The Bertz CT molecular complexity index is 1770. The van der Waals surface area contributed by atoms with Gasteiger partial charge in [-0.1, -0.05) is 41.1 Å². The molecular weight excluding hydrogens is 661 g/mol. The van der Waals surface area contributed by atoms with E-state index in [0.717, 1.165) is 48.3 Å². The molecule has 5 rings (SSSR count). The number of hydrogen-bond acceptors (Lipinski definition) is 7. The van der Waals surface area contributed by atoms with Gasteiger partial charge in [0.05, 0.1) is 29.6 Å². The number of piperidine rings is 1. The van der Waals surface area contributed by atoms with Gasteiger partial charge in [-0.05, 0) is 70.0 Å².